The minimum atomic E-state index is -4.40. The van der Waals surface area contributed by atoms with Gasteiger partial charge >= 0.3 is 23.9 Å². The molecule has 0 radical (unpaired) electrons. The van der Waals surface area contributed by atoms with Crippen LogP contribution in [0.15, 0.2) is 23.2 Å². The van der Waals surface area contributed by atoms with E-state index in [9.17, 15) is 37.2 Å². The first kappa shape index (κ1) is 35.1. The maximum absolute atomic E-state index is 12.8. The van der Waals surface area contributed by atoms with Gasteiger partial charge in [0.2, 0.25) is 5.91 Å². The van der Waals surface area contributed by atoms with Gasteiger partial charge in [-0.3, -0.25) is 14.4 Å². The van der Waals surface area contributed by atoms with Gasteiger partial charge in [0.15, 0.2) is 14.6 Å². The molecule has 0 spiro atoms. The first-order chi connectivity index (χ1) is 21.2. The minimum absolute atomic E-state index is 0.00209. The molecule has 0 bridgehead atoms. The molecule has 2 heterocycles. The number of sulfone groups is 1. The zero-order valence-electron chi connectivity index (χ0n) is 24.8. The van der Waals surface area contributed by atoms with E-state index in [1.807, 2.05) is 0 Å². The van der Waals surface area contributed by atoms with Crippen LogP contribution < -0.4 is 10.1 Å². The molecular formula is C27H29N3O12S3. The highest BCUT2D eigenvalue weighted by atomic mass is 32.2. The third kappa shape index (κ3) is 8.61. The number of anilines is 1. The van der Waals surface area contributed by atoms with Gasteiger partial charge in [0.25, 0.3) is 5.91 Å². The number of carbonyl (C=O) groups is 6. The molecule has 3 rings (SSSR count). The summed E-state index contributed by atoms with van der Waals surface area (Å²) in [5.74, 6) is -7.40. The summed E-state index contributed by atoms with van der Waals surface area (Å²) in [6, 6.07) is 4.42. The van der Waals surface area contributed by atoms with Crippen LogP contribution in [-0.4, -0.2) is 87.6 Å². The highest BCUT2D eigenvalue weighted by molar-refractivity contribution is 7.92. The monoisotopic (exact) mass is 683 g/mol. The maximum atomic E-state index is 12.8. The lowest BCUT2D eigenvalue weighted by molar-refractivity contribution is -0.141. The number of hydrogen-bond acceptors (Lipinski definition) is 14. The van der Waals surface area contributed by atoms with E-state index in [0.717, 1.165) is 18.4 Å². The topological polar surface area (TPSA) is 203 Å². The van der Waals surface area contributed by atoms with Crippen molar-refractivity contribution in [1.29, 1.82) is 0 Å². The van der Waals surface area contributed by atoms with E-state index < -0.39 is 57.0 Å². The molecule has 0 aliphatic rings. The Bertz CT molecular complexity index is 1850. The number of rotatable bonds is 12. The Morgan fingerprint density at radius 3 is 2.20 bits per heavy atom. The number of thiophene rings is 1. The average molecular weight is 684 g/mol. The zero-order valence-corrected chi connectivity index (χ0v) is 27.2. The molecule has 0 aliphatic carbocycles. The second kappa shape index (κ2) is 15.0. The van der Waals surface area contributed by atoms with E-state index in [4.69, 9.17) is 18.9 Å². The van der Waals surface area contributed by atoms with E-state index in [0.29, 0.717) is 21.6 Å². The summed E-state index contributed by atoms with van der Waals surface area (Å²) in [5, 5.41) is 2.20. The van der Waals surface area contributed by atoms with Crippen molar-refractivity contribution in [1.82, 2.24) is 4.57 Å². The molecule has 0 atom stereocenters. The van der Waals surface area contributed by atoms with Crippen LogP contribution in [0.25, 0.3) is 10.2 Å². The molecule has 0 aliphatic heterocycles. The number of benzene rings is 1. The lowest BCUT2D eigenvalue weighted by Crippen LogP contribution is -2.29. The van der Waals surface area contributed by atoms with Gasteiger partial charge in [0.05, 0.1) is 48.8 Å². The Labute approximate surface area is 264 Å². The molecule has 15 nitrogen and oxygen atoms in total. The van der Waals surface area contributed by atoms with Crippen molar-refractivity contribution in [2.75, 3.05) is 44.3 Å². The van der Waals surface area contributed by atoms with Gasteiger partial charge in [0, 0.05) is 0 Å². The number of thiazole rings is 1. The molecule has 3 aromatic rings. The number of esters is 4. The maximum Gasteiger partial charge on any atom is 0.348 e. The molecule has 0 fully saturated rings. The molecule has 45 heavy (non-hydrogen) atoms. The number of nitrogens with zero attached hydrogens (tertiary/aromatic N) is 2. The van der Waals surface area contributed by atoms with Crippen molar-refractivity contribution in [3.05, 3.63) is 44.6 Å². The van der Waals surface area contributed by atoms with Crippen LogP contribution in [0, 0.1) is 6.92 Å². The van der Waals surface area contributed by atoms with Crippen LogP contribution in [0.1, 0.15) is 49.8 Å². The second-order valence-electron chi connectivity index (χ2n) is 9.01. The van der Waals surface area contributed by atoms with Crippen molar-refractivity contribution < 1.29 is 56.1 Å². The predicted molar refractivity (Wildman–Crippen MR) is 162 cm³/mol. The Hall–Kier alpha value is -4.42. The third-order valence-electron chi connectivity index (χ3n) is 5.87. The molecule has 2 amide bonds. The van der Waals surface area contributed by atoms with Gasteiger partial charge in [-0.05, 0) is 44.5 Å². The molecule has 2 aromatic heterocycles. The van der Waals surface area contributed by atoms with E-state index in [2.05, 4.69) is 10.3 Å². The minimum Gasteiger partial charge on any atom is -0.468 e. The zero-order chi connectivity index (χ0) is 33.5. The standard InChI is InChI=1S/C27H29N3O12S3/c1-6-41-25(35)21-14(3)22(26(36)42-7-2)44-23(21)28-18(31)12-45(37,38)13-19(32)29-27-30(11-20(33)39-4)16-9-8-15(24(34)40-5)10-17(16)43-27/h8-10H,6-7,11-13H2,1-5H3,(H,28,31). The molecule has 0 unspecified atom stereocenters. The van der Waals surface area contributed by atoms with Crippen LogP contribution in [0.5, 0.6) is 0 Å². The molecule has 0 saturated heterocycles. The number of nitrogens with one attached hydrogen (secondary N) is 1. The van der Waals surface area contributed by atoms with E-state index in [1.54, 1.807) is 13.8 Å². The van der Waals surface area contributed by atoms with E-state index in [1.165, 1.54) is 36.8 Å². The number of fused-ring (bicyclic) bond motifs is 1. The molecular weight excluding hydrogens is 655 g/mol. The number of aromatic nitrogens is 1. The van der Waals surface area contributed by atoms with Gasteiger partial charge in [-0.15, -0.1) is 11.3 Å². The van der Waals surface area contributed by atoms with Crippen molar-refractivity contribution >= 4 is 83.4 Å². The van der Waals surface area contributed by atoms with Crippen LogP contribution in [0.2, 0.25) is 0 Å². The summed E-state index contributed by atoms with van der Waals surface area (Å²) >= 11 is 1.63. The average Bonchev–Trinajstić information content (AvgIpc) is 3.47. The Morgan fingerprint density at radius 1 is 0.911 bits per heavy atom. The lowest BCUT2D eigenvalue weighted by Gasteiger charge is -2.07. The van der Waals surface area contributed by atoms with E-state index >= 15 is 0 Å². The van der Waals surface area contributed by atoms with Crippen molar-refractivity contribution in [2.45, 2.75) is 27.3 Å². The summed E-state index contributed by atoms with van der Waals surface area (Å²) in [6.45, 7) is 4.30. The van der Waals surface area contributed by atoms with Crippen LogP contribution in [-0.2, 0) is 49.7 Å². The summed E-state index contributed by atoms with van der Waals surface area (Å²) in [4.78, 5) is 78.3. The Kier molecular flexibility index (Phi) is 11.7. The van der Waals surface area contributed by atoms with Crippen molar-refractivity contribution in [3.63, 3.8) is 0 Å². The Balaban J connectivity index is 1.87. The van der Waals surface area contributed by atoms with Crippen LogP contribution in [0.3, 0.4) is 0 Å². The molecule has 0 saturated carbocycles. The highest BCUT2D eigenvalue weighted by Gasteiger charge is 2.29. The summed E-state index contributed by atoms with van der Waals surface area (Å²) in [6.07, 6.45) is 0. The number of hydrogen-bond donors (Lipinski definition) is 1. The summed E-state index contributed by atoms with van der Waals surface area (Å²) in [5.41, 5.74) is 0.672. The number of amides is 2. The third-order valence-corrected chi connectivity index (χ3v) is 9.49. The molecule has 18 heteroatoms. The molecule has 1 N–H and O–H groups in total. The van der Waals surface area contributed by atoms with Gasteiger partial charge in [0.1, 0.15) is 27.9 Å². The van der Waals surface area contributed by atoms with Crippen molar-refractivity contribution in [3.8, 4) is 0 Å². The van der Waals surface area contributed by atoms with Gasteiger partial charge in [-0.2, -0.15) is 4.99 Å². The largest absolute Gasteiger partial charge is 0.468 e. The fourth-order valence-corrected chi connectivity index (χ4v) is 7.14. The first-order valence-corrected chi connectivity index (χ1v) is 16.5. The van der Waals surface area contributed by atoms with Crippen LogP contribution >= 0.6 is 22.7 Å². The lowest BCUT2D eigenvalue weighted by atomic mass is 10.1. The Morgan fingerprint density at radius 2 is 1.58 bits per heavy atom. The summed E-state index contributed by atoms with van der Waals surface area (Å²) in [7, 11) is -2.03. The SMILES string of the molecule is CCOC(=O)c1sc(NC(=O)CS(=O)(=O)CC(=O)N=c2sc3cc(C(=O)OC)ccc3n2CC(=O)OC)c(C(=O)OCC)c1C. The van der Waals surface area contributed by atoms with Crippen LogP contribution in [0.4, 0.5) is 5.00 Å². The van der Waals surface area contributed by atoms with Gasteiger partial charge in [-0.25, -0.2) is 22.8 Å². The summed E-state index contributed by atoms with van der Waals surface area (Å²) < 4.78 is 46.8. The van der Waals surface area contributed by atoms with Crippen molar-refractivity contribution in [2.24, 2.45) is 4.99 Å². The second-order valence-corrected chi connectivity index (χ2v) is 13.1. The van der Waals surface area contributed by atoms with E-state index in [-0.39, 0.29) is 51.1 Å². The first-order valence-electron chi connectivity index (χ1n) is 13.1. The fraction of sp³-hybridized carbons (Fsp3) is 0.370. The molecule has 1 aromatic carbocycles. The quantitative estimate of drug-likeness (QED) is 0.215. The number of ether oxygens (including phenoxy) is 4. The smallest absolute Gasteiger partial charge is 0.348 e. The van der Waals surface area contributed by atoms with Gasteiger partial charge < -0.3 is 28.8 Å². The molecule has 242 valence electrons. The van der Waals surface area contributed by atoms with Gasteiger partial charge in [-0.1, -0.05) is 11.3 Å². The highest BCUT2D eigenvalue weighted by Crippen LogP contribution is 2.34. The predicted octanol–water partition coefficient (Wildman–Crippen LogP) is 1.87. The fourth-order valence-electron chi connectivity index (χ4n) is 3.93. The number of methoxy groups -OCH3 is 2. The normalized spacial score (nSPS) is 11.6. The number of carbonyl (C=O) groups excluding carboxylic acids is 6.